The van der Waals surface area contributed by atoms with Crippen molar-refractivity contribution in [1.82, 2.24) is 9.62 Å². The molecule has 1 aliphatic rings. The number of aromatic hydroxyl groups is 1. The second-order valence-electron chi connectivity index (χ2n) is 7.98. The highest BCUT2D eigenvalue weighted by atomic mass is 32.2. The second-order valence-corrected chi connectivity index (χ2v) is 9.92. The van der Waals surface area contributed by atoms with Gasteiger partial charge in [-0.25, -0.2) is 8.42 Å². The lowest BCUT2D eigenvalue weighted by molar-refractivity contribution is -0.274. The summed E-state index contributed by atoms with van der Waals surface area (Å²) in [6, 6.07) is 10.3. The number of sulfonamides is 1. The summed E-state index contributed by atoms with van der Waals surface area (Å²) in [5.74, 6) is 0.404. The zero-order valence-corrected chi connectivity index (χ0v) is 19.1. The van der Waals surface area contributed by atoms with Crippen molar-refractivity contribution in [2.45, 2.75) is 30.2 Å². The van der Waals surface area contributed by atoms with Crippen LogP contribution < -0.4 is 14.8 Å². The predicted molar refractivity (Wildman–Crippen MR) is 117 cm³/mol. The molecule has 188 valence electrons. The minimum Gasteiger partial charge on any atom is -0.508 e. The van der Waals surface area contributed by atoms with Gasteiger partial charge in [-0.1, -0.05) is 0 Å². The van der Waals surface area contributed by atoms with E-state index in [1.54, 1.807) is 12.1 Å². The van der Waals surface area contributed by atoms with Crippen LogP contribution in [0.2, 0.25) is 0 Å². The van der Waals surface area contributed by atoms with Crippen molar-refractivity contribution in [3.63, 3.8) is 0 Å². The molecule has 2 aromatic carbocycles. The number of hydrogen-bond donors (Lipinski definition) is 3. The van der Waals surface area contributed by atoms with Crippen LogP contribution in [0.25, 0.3) is 0 Å². The topological polar surface area (TPSA) is 108 Å². The van der Waals surface area contributed by atoms with E-state index in [-0.39, 0.29) is 23.2 Å². The molecule has 1 fully saturated rings. The van der Waals surface area contributed by atoms with Crippen LogP contribution in [-0.2, 0) is 10.0 Å². The van der Waals surface area contributed by atoms with Gasteiger partial charge in [-0.15, -0.1) is 13.2 Å². The van der Waals surface area contributed by atoms with Crippen molar-refractivity contribution in [2.24, 2.45) is 5.92 Å². The van der Waals surface area contributed by atoms with Crippen molar-refractivity contribution in [3.8, 4) is 17.2 Å². The van der Waals surface area contributed by atoms with Crippen LogP contribution in [0, 0.1) is 5.92 Å². The van der Waals surface area contributed by atoms with Crippen LogP contribution in [0.15, 0.2) is 53.4 Å². The molecule has 12 heteroatoms. The number of phenolic OH excluding ortho intramolecular Hbond substituents is 1. The number of hydrogen-bond acceptors (Lipinski definition) is 7. The highest BCUT2D eigenvalue weighted by Crippen LogP contribution is 2.27. The number of benzene rings is 2. The maximum atomic E-state index is 12.8. The number of alkyl halides is 3. The first-order valence-corrected chi connectivity index (χ1v) is 12.1. The van der Waals surface area contributed by atoms with Crippen LogP contribution in [0.1, 0.15) is 12.8 Å². The lowest BCUT2D eigenvalue weighted by Gasteiger charge is -2.31. The number of ether oxygens (including phenoxy) is 2. The molecule has 0 spiro atoms. The molecular formula is C22H27F3N2O6S. The van der Waals surface area contributed by atoms with Crippen LogP contribution >= 0.6 is 0 Å². The zero-order valence-electron chi connectivity index (χ0n) is 18.2. The van der Waals surface area contributed by atoms with E-state index < -0.39 is 28.2 Å². The van der Waals surface area contributed by atoms with Gasteiger partial charge in [-0.05, 0) is 73.8 Å². The summed E-state index contributed by atoms with van der Waals surface area (Å²) >= 11 is 0. The van der Waals surface area contributed by atoms with Gasteiger partial charge < -0.3 is 25.0 Å². The van der Waals surface area contributed by atoms with E-state index in [2.05, 4.69) is 10.1 Å². The first-order valence-electron chi connectivity index (χ1n) is 10.7. The lowest BCUT2D eigenvalue weighted by atomic mass is 9.98. The highest BCUT2D eigenvalue weighted by molar-refractivity contribution is 7.89. The number of aliphatic hydroxyl groups is 1. The van der Waals surface area contributed by atoms with E-state index >= 15 is 0 Å². The van der Waals surface area contributed by atoms with Gasteiger partial charge in [0.05, 0.1) is 4.90 Å². The quantitative estimate of drug-likeness (QED) is 0.457. The lowest BCUT2D eigenvalue weighted by Crippen LogP contribution is -2.42. The average Bonchev–Trinajstić information content (AvgIpc) is 2.78. The molecule has 3 N–H and O–H groups in total. The number of rotatable bonds is 10. The summed E-state index contributed by atoms with van der Waals surface area (Å²) in [6.07, 6.45) is -4.35. The molecule has 0 aliphatic carbocycles. The van der Waals surface area contributed by atoms with E-state index in [1.807, 2.05) is 0 Å². The maximum Gasteiger partial charge on any atom is 0.573 e. The SMILES string of the molecule is O=S(=O)(c1ccc(OC(F)(F)F)cc1)N1CCC(CNC[C@@H](O)COc2ccc(O)cc2)CC1. The maximum absolute atomic E-state index is 12.8. The van der Waals surface area contributed by atoms with E-state index in [1.165, 1.54) is 16.4 Å². The van der Waals surface area contributed by atoms with E-state index in [9.17, 15) is 31.8 Å². The third-order valence-corrected chi connectivity index (χ3v) is 7.27. The molecule has 34 heavy (non-hydrogen) atoms. The number of aliphatic hydroxyl groups excluding tert-OH is 1. The molecule has 0 radical (unpaired) electrons. The van der Waals surface area contributed by atoms with Crippen molar-refractivity contribution >= 4 is 10.0 Å². The Labute approximate surface area is 196 Å². The van der Waals surface area contributed by atoms with Crippen LogP contribution in [0.4, 0.5) is 13.2 Å². The fourth-order valence-corrected chi connectivity index (χ4v) is 5.03. The first kappa shape index (κ1) is 26.1. The fraction of sp³-hybridized carbons (Fsp3) is 0.455. The average molecular weight is 505 g/mol. The molecule has 0 amide bonds. The van der Waals surface area contributed by atoms with Crippen LogP contribution in [0.5, 0.6) is 17.2 Å². The molecular weight excluding hydrogens is 477 g/mol. The third-order valence-electron chi connectivity index (χ3n) is 5.36. The van der Waals surface area contributed by atoms with Crippen molar-refractivity contribution < 1.29 is 41.3 Å². The summed E-state index contributed by atoms with van der Waals surface area (Å²) in [5, 5.41) is 22.5. The Morgan fingerprint density at radius 3 is 2.21 bits per heavy atom. The molecule has 2 aromatic rings. The van der Waals surface area contributed by atoms with Gasteiger partial charge in [0, 0.05) is 19.6 Å². The van der Waals surface area contributed by atoms with E-state index in [0.717, 1.165) is 24.3 Å². The van der Waals surface area contributed by atoms with Gasteiger partial charge in [-0.2, -0.15) is 4.31 Å². The minimum absolute atomic E-state index is 0.0846. The van der Waals surface area contributed by atoms with E-state index in [4.69, 9.17) is 4.74 Å². The molecule has 1 saturated heterocycles. The Bertz CT molecular complexity index is 1010. The van der Waals surface area contributed by atoms with Gasteiger partial charge in [0.15, 0.2) is 0 Å². The Kier molecular flexibility index (Phi) is 8.63. The summed E-state index contributed by atoms with van der Waals surface area (Å²) in [4.78, 5) is -0.0876. The van der Waals surface area contributed by atoms with Crippen LogP contribution in [0.3, 0.4) is 0 Å². The zero-order chi connectivity index (χ0) is 24.8. The molecule has 1 aliphatic heterocycles. The normalized spacial score (nSPS) is 16.8. The number of nitrogens with zero attached hydrogens (tertiary/aromatic N) is 1. The number of phenols is 1. The van der Waals surface area contributed by atoms with E-state index in [0.29, 0.717) is 44.8 Å². The van der Waals surface area contributed by atoms with Crippen LogP contribution in [-0.4, -0.2) is 68.2 Å². The molecule has 0 bridgehead atoms. The molecule has 0 saturated carbocycles. The van der Waals surface area contributed by atoms with Crippen molar-refractivity contribution in [1.29, 1.82) is 0 Å². The standard InChI is InChI=1S/C22H27F3N2O6S/c23-22(24,25)33-20-5-7-21(8-6-20)34(30,31)27-11-9-16(10-12-27)13-26-14-18(29)15-32-19-3-1-17(28)2-4-19/h1-8,16,18,26,28-29H,9-15H2/t18-/m1/s1. The largest absolute Gasteiger partial charge is 0.573 e. The molecule has 1 heterocycles. The molecule has 8 nitrogen and oxygen atoms in total. The predicted octanol–water partition coefficient (Wildman–Crippen LogP) is 2.72. The molecule has 0 unspecified atom stereocenters. The molecule has 3 rings (SSSR count). The summed E-state index contributed by atoms with van der Waals surface area (Å²) in [7, 11) is -3.81. The summed E-state index contributed by atoms with van der Waals surface area (Å²) in [5.41, 5.74) is 0. The Morgan fingerprint density at radius 2 is 1.62 bits per heavy atom. The Hall–Kier alpha value is -2.54. The number of nitrogens with one attached hydrogen (secondary N) is 1. The summed E-state index contributed by atoms with van der Waals surface area (Å²) in [6.45, 7) is 1.59. The second kappa shape index (κ2) is 11.3. The first-order chi connectivity index (χ1) is 16.0. The monoisotopic (exact) mass is 504 g/mol. The Morgan fingerprint density at radius 1 is 1.03 bits per heavy atom. The summed E-state index contributed by atoms with van der Waals surface area (Å²) < 4.78 is 73.0. The highest BCUT2D eigenvalue weighted by Gasteiger charge is 2.32. The third kappa shape index (κ3) is 7.76. The number of halogens is 3. The van der Waals surface area contributed by atoms with Gasteiger partial charge >= 0.3 is 6.36 Å². The fourth-order valence-electron chi connectivity index (χ4n) is 3.56. The smallest absolute Gasteiger partial charge is 0.508 e. The molecule has 1 atom stereocenters. The minimum atomic E-state index is -4.84. The van der Waals surface area contributed by atoms with Gasteiger partial charge in [0.25, 0.3) is 0 Å². The molecule has 0 aromatic heterocycles. The van der Waals surface area contributed by atoms with Crippen molar-refractivity contribution in [2.75, 3.05) is 32.8 Å². The van der Waals surface area contributed by atoms with Crippen molar-refractivity contribution in [3.05, 3.63) is 48.5 Å². The Balaban J connectivity index is 1.39. The number of piperidine rings is 1. The van der Waals surface area contributed by atoms with Gasteiger partial charge in [0.2, 0.25) is 10.0 Å². The van der Waals surface area contributed by atoms with Gasteiger partial charge in [0.1, 0.15) is 30.0 Å². The van der Waals surface area contributed by atoms with Gasteiger partial charge in [-0.3, -0.25) is 0 Å².